The molecule has 0 fully saturated rings. The number of carboxylic acids is 1. The molecule has 0 radical (unpaired) electrons. The minimum atomic E-state index is -3.41. The van der Waals surface area contributed by atoms with Gasteiger partial charge >= 0.3 is 5.97 Å². The Bertz CT molecular complexity index is 556. The lowest BCUT2D eigenvalue weighted by molar-refractivity contribution is -0.138. The van der Waals surface area contributed by atoms with Gasteiger partial charge in [-0.3, -0.25) is 0 Å². The highest BCUT2D eigenvalue weighted by Crippen LogP contribution is 2.22. The number of hydrogen-bond donors (Lipinski definition) is 2. The molecule has 0 spiro atoms. The number of anilines is 1. The Hall–Kier alpha value is -1.60. The summed E-state index contributed by atoms with van der Waals surface area (Å²) < 4.78 is 28.2. The number of hydrogen-bond acceptors (Lipinski definition) is 5. The van der Waals surface area contributed by atoms with Gasteiger partial charge in [-0.1, -0.05) is 12.1 Å². The largest absolute Gasteiger partial charge is 0.480 e. The van der Waals surface area contributed by atoms with Crippen LogP contribution in [0.3, 0.4) is 0 Å². The van der Waals surface area contributed by atoms with Crippen molar-refractivity contribution in [3.63, 3.8) is 0 Å². The molecule has 1 aromatic rings. The Morgan fingerprint density at radius 1 is 1.40 bits per heavy atom. The van der Waals surface area contributed by atoms with Crippen LogP contribution in [0.1, 0.15) is 12.8 Å². The molecule has 112 valence electrons. The van der Waals surface area contributed by atoms with E-state index in [0.717, 1.165) is 6.26 Å². The van der Waals surface area contributed by atoms with Crippen molar-refractivity contribution in [3.8, 4) is 0 Å². The Labute approximate surface area is 118 Å². The average Bonchev–Trinajstić information content (AvgIpc) is 2.37. The van der Waals surface area contributed by atoms with Crippen molar-refractivity contribution < 1.29 is 23.1 Å². The van der Waals surface area contributed by atoms with E-state index in [4.69, 9.17) is 4.74 Å². The zero-order valence-electron chi connectivity index (χ0n) is 11.5. The summed E-state index contributed by atoms with van der Waals surface area (Å²) in [4.78, 5) is 11.3. The minimum absolute atomic E-state index is 0.0954. The number of carbonyl (C=O) groups is 1. The fourth-order valence-corrected chi connectivity index (χ4v) is 2.64. The van der Waals surface area contributed by atoms with E-state index in [9.17, 15) is 18.3 Å². The summed E-state index contributed by atoms with van der Waals surface area (Å²) in [6, 6.07) is 5.41. The number of para-hydroxylation sites is 1. The van der Waals surface area contributed by atoms with E-state index >= 15 is 0 Å². The van der Waals surface area contributed by atoms with Gasteiger partial charge in [-0.05, 0) is 25.0 Å². The zero-order valence-corrected chi connectivity index (χ0v) is 12.3. The van der Waals surface area contributed by atoms with Gasteiger partial charge in [-0.25, -0.2) is 13.2 Å². The predicted octanol–water partition coefficient (Wildman–Crippen LogP) is 1.38. The predicted molar refractivity (Wildman–Crippen MR) is 75.7 cm³/mol. The van der Waals surface area contributed by atoms with E-state index in [2.05, 4.69) is 5.32 Å². The first-order valence-corrected chi connectivity index (χ1v) is 8.02. The molecule has 20 heavy (non-hydrogen) atoms. The van der Waals surface area contributed by atoms with Gasteiger partial charge in [-0.2, -0.15) is 0 Å². The van der Waals surface area contributed by atoms with Crippen molar-refractivity contribution >= 4 is 21.5 Å². The van der Waals surface area contributed by atoms with Crippen molar-refractivity contribution in [2.24, 2.45) is 0 Å². The number of aliphatic carboxylic acids is 1. The number of benzene rings is 1. The highest BCUT2D eigenvalue weighted by molar-refractivity contribution is 7.90. The fourth-order valence-electron chi connectivity index (χ4n) is 1.79. The molecule has 1 rings (SSSR count). The smallest absolute Gasteiger partial charge is 0.326 e. The molecule has 1 unspecified atom stereocenters. The maximum absolute atomic E-state index is 11.7. The summed E-state index contributed by atoms with van der Waals surface area (Å²) in [6.07, 6.45) is 2.01. The van der Waals surface area contributed by atoms with E-state index in [1.807, 2.05) is 0 Å². The SMILES string of the molecule is COCCCC(Nc1ccccc1S(C)(=O)=O)C(=O)O. The first-order valence-electron chi connectivity index (χ1n) is 6.13. The van der Waals surface area contributed by atoms with Gasteiger partial charge in [0.15, 0.2) is 9.84 Å². The second-order valence-corrected chi connectivity index (χ2v) is 6.42. The first-order chi connectivity index (χ1) is 9.36. The molecule has 0 aromatic heterocycles. The fraction of sp³-hybridized carbons (Fsp3) is 0.462. The monoisotopic (exact) mass is 301 g/mol. The molecule has 0 saturated carbocycles. The van der Waals surface area contributed by atoms with E-state index < -0.39 is 21.8 Å². The summed E-state index contributed by atoms with van der Waals surface area (Å²) in [5.41, 5.74) is 0.305. The summed E-state index contributed by atoms with van der Waals surface area (Å²) in [5.74, 6) is -1.02. The van der Waals surface area contributed by atoms with E-state index in [1.54, 1.807) is 25.3 Å². The van der Waals surface area contributed by atoms with E-state index in [0.29, 0.717) is 25.1 Å². The molecule has 0 aliphatic carbocycles. The third-order valence-electron chi connectivity index (χ3n) is 2.76. The molecule has 2 N–H and O–H groups in total. The van der Waals surface area contributed by atoms with Crippen molar-refractivity contribution in [2.45, 2.75) is 23.8 Å². The molecule has 0 aliphatic rings. The van der Waals surface area contributed by atoms with Crippen LogP contribution in [0.2, 0.25) is 0 Å². The van der Waals surface area contributed by atoms with Crippen molar-refractivity contribution in [2.75, 3.05) is 25.3 Å². The van der Waals surface area contributed by atoms with Crippen molar-refractivity contribution in [1.29, 1.82) is 0 Å². The maximum atomic E-state index is 11.7. The molecule has 1 aromatic carbocycles. The van der Waals surface area contributed by atoms with Crippen molar-refractivity contribution in [1.82, 2.24) is 0 Å². The number of sulfone groups is 1. The van der Waals surface area contributed by atoms with E-state index in [1.165, 1.54) is 6.07 Å². The van der Waals surface area contributed by atoms with Crippen LogP contribution in [0.4, 0.5) is 5.69 Å². The molecule has 0 aliphatic heterocycles. The molecule has 6 nitrogen and oxygen atoms in total. The number of carboxylic acid groups (broad SMARTS) is 1. The quantitative estimate of drug-likeness (QED) is 0.705. The molecule has 1 atom stereocenters. The Balaban J connectivity index is 2.92. The van der Waals surface area contributed by atoms with Crippen LogP contribution >= 0.6 is 0 Å². The number of ether oxygens (including phenoxy) is 1. The second kappa shape index (κ2) is 7.25. The standard InChI is InChI=1S/C13H19NO5S/c1-19-9-5-7-11(13(15)16)14-10-6-3-4-8-12(10)20(2,17)18/h3-4,6,8,11,14H,5,7,9H2,1-2H3,(H,15,16). The van der Waals surface area contributed by atoms with Crippen LogP contribution in [0, 0.1) is 0 Å². The van der Waals surface area contributed by atoms with Crippen LogP contribution in [0.15, 0.2) is 29.2 Å². The van der Waals surface area contributed by atoms with Gasteiger partial charge in [0.2, 0.25) is 0 Å². The molecular weight excluding hydrogens is 282 g/mol. The lowest BCUT2D eigenvalue weighted by Gasteiger charge is -2.17. The number of rotatable bonds is 8. The number of methoxy groups -OCH3 is 1. The minimum Gasteiger partial charge on any atom is -0.480 e. The Morgan fingerprint density at radius 3 is 2.60 bits per heavy atom. The van der Waals surface area contributed by atoms with Gasteiger partial charge in [0.25, 0.3) is 0 Å². The molecule has 0 heterocycles. The molecule has 0 bridgehead atoms. The molecular formula is C13H19NO5S. The van der Waals surface area contributed by atoms with Gasteiger partial charge < -0.3 is 15.2 Å². The van der Waals surface area contributed by atoms with Gasteiger partial charge in [-0.15, -0.1) is 0 Å². The Kier molecular flexibility index (Phi) is 5.97. The van der Waals surface area contributed by atoms with Gasteiger partial charge in [0, 0.05) is 20.0 Å². The van der Waals surface area contributed by atoms with E-state index in [-0.39, 0.29) is 4.90 Å². The second-order valence-electron chi connectivity index (χ2n) is 4.44. The summed E-state index contributed by atoms with van der Waals surface area (Å²) in [6.45, 7) is 0.458. The summed E-state index contributed by atoms with van der Waals surface area (Å²) >= 11 is 0. The lowest BCUT2D eigenvalue weighted by atomic mass is 10.1. The van der Waals surface area contributed by atoms with Crippen molar-refractivity contribution in [3.05, 3.63) is 24.3 Å². The lowest BCUT2D eigenvalue weighted by Crippen LogP contribution is -2.30. The molecule has 7 heteroatoms. The highest BCUT2D eigenvalue weighted by Gasteiger charge is 2.20. The molecule has 0 amide bonds. The number of nitrogens with one attached hydrogen (secondary N) is 1. The zero-order chi connectivity index (χ0) is 15.2. The normalized spacial score (nSPS) is 12.9. The van der Waals surface area contributed by atoms with Crippen LogP contribution < -0.4 is 5.32 Å². The summed E-state index contributed by atoms with van der Waals surface area (Å²) in [7, 11) is -1.87. The highest BCUT2D eigenvalue weighted by atomic mass is 32.2. The summed E-state index contributed by atoms with van der Waals surface area (Å²) in [5, 5.41) is 12.0. The van der Waals surface area contributed by atoms with Gasteiger partial charge in [0.05, 0.1) is 10.6 Å². The first kappa shape index (κ1) is 16.5. The Morgan fingerprint density at radius 2 is 2.05 bits per heavy atom. The van der Waals surface area contributed by atoms with Crippen LogP contribution in [-0.2, 0) is 19.4 Å². The van der Waals surface area contributed by atoms with Gasteiger partial charge in [0.1, 0.15) is 6.04 Å². The third-order valence-corrected chi connectivity index (χ3v) is 3.91. The van der Waals surface area contributed by atoms with Crippen LogP contribution in [0.5, 0.6) is 0 Å². The maximum Gasteiger partial charge on any atom is 0.326 e. The van der Waals surface area contributed by atoms with Crippen LogP contribution in [0.25, 0.3) is 0 Å². The van der Waals surface area contributed by atoms with Crippen LogP contribution in [-0.4, -0.2) is 45.5 Å². The topological polar surface area (TPSA) is 92.7 Å². The molecule has 0 saturated heterocycles. The average molecular weight is 301 g/mol. The third kappa shape index (κ3) is 4.82.